The number of benzene rings is 4. The van der Waals surface area contributed by atoms with Crippen LogP contribution in [0.3, 0.4) is 0 Å². The van der Waals surface area contributed by atoms with Crippen LogP contribution in [0.1, 0.15) is 51.0 Å². The molecule has 1 atom stereocenters. The van der Waals surface area contributed by atoms with Gasteiger partial charge in [-0.25, -0.2) is 4.79 Å². The molecule has 8 heteroatoms. The van der Waals surface area contributed by atoms with Gasteiger partial charge in [0.05, 0.1) is 11.1 Å². The van der Waals surface area contributed by atoms with Gasteiger partial charge in [-0.2, -0.15) is 13.2 Å². The molecule has 0 bridgehead atoms. The first-order valence-corrected chi connectivity index (χ1v) is 13.2. The van der Waals surface area contributed by atoms with Gasteiger partial charge in [0.15, 0.2) is 5.60 Å². The molecule has 0 saturated carbocycles. The number of nitrogens with zero attached hydrogens (tertiary/aromatic N) is 1. The number of anilines is 3. The molecule has 7 rings (SSSR count). The summed E-state index contributed by atoms with van der Waals surface area (Å²) >= 11 is 0. The number of carbonyl (C=O) groups is 1. The van der Waals surface area contributed by atoms with Gasteiger partial charge in [0.1, 0.15) is 11.5 Å². The summed E-state index contributed by atoms with van der Waals surface area (Å²) in [5.41, 5.74) is 3.16. The number of alkyl halides is 3. The normalized spacial score (nSPS) is 19.1. The van der Waals surface area contributed by atoms with Crippen molar-refractivity contribution < 1.29 is 27.4 Å². The van der Waals surface area contributed by atoms with E-state index in [-0.39, 0.29) is 0 Å². The number of halogens is 3. The van der Waals surface area contributed by atoms with Crippen molar-refractivity contribution in [3.8, 4) is 11.5 Å². The first-order chi connectivity index (χ1) is 19.2. The van der Waals surface area contributed by atoms with Crippen molar-refractivity contribution in [2.24, 2.45) is 0 Å². The van der Waals surface area contributed by atoms with Crippen molar-refractivity contribution >= 4 is 23.0 Å². The zero-order valence-corrected chi connectivity index (χ0v) is 21.6. The first kappa shape index (κ1) is 24.6. The SMILES string of the molecule is Cc1cc2c(cc1Nc1cccc(C(F)(F)F)c1)C1(OC(=O)c3ccccc31)c1ccc(N3CCCC3)cc1O2. The Labute approximate surface area is 229 Å². The largest absolute Gasteiger partial charge is 0.456 e. The zero-order chi connectivity index (χ0) is 27.6. The van der Waals surface area contributed by atoms with Crippen molar-refractivity contribution in [1.29, 1.82) is 0 Å². The minimum atomic E-state index is -4.46. The Kier molecular flexibility index (Phi) is 5.39. The average molecular weight is 543 g/mol. The molecule has 1 fully saturated rings. The van der Waals surface area contributed by atoms with Crippen LogP contribution in [-0.2, 0) is 16.5 Å². The fraction of sp³-hybridized carbons (Fsp3) is 0.219. The third-order valence-electron chi connectivity index (χ3n) is 7.98. The van der Waals surface area contributed by atoms with Gasteiger partial charge in [-0.1, -0.05) is 24.3 Å². The third kappa shape index (κ3) is 3.73. The maximum Gasteiger partial charge on any atom is 0.416 e. The molecule has 3 aliphatic rings. The molecule has 1 unspecified atom stereocenters. The highest BCUT2D eigenvalue weighted by Gasteiger charge is 2.53. The predicted molar refractivity (Wildman–Crippen MR) is 146 cm³/mol. The van der Waals surface area contributed by atoms with Gasteiger partial charge in [0.25, 0.3) is 0 Å². The van der Waals surface area contributed by atoms with Crippen molar-refractivity contribution in [3.05, 3.63) is 112 Å². The van der Waals surface area contributed by atoms with Crippen LogP contribution in [-0.4, -0.2) is 19.1 Å². The highest BCUT2D eigenvalue weighted by Crippen LogP contribution is 2.57. The van der Waals surface area contributed by atoms with E-state index >= 15 is 0 Å². The summed E-state index contributed by atoms with van der Waals surface area (Å²) in [4.78, 5) is 15.5. The zero-order valence-electron chi connectivity index (χ0n) is 21.6. The predicted octanol–water partition coefficient (Wildman–Crippen LogP) is 7.93. The summed E-state index contributed by atoms with van der Waals surface area (Å²) in [5, 5.41) is 3.14. The minimum absolute atomic E-state index is 0.295. The number of esters is 1. The highest BCUT2D eigenvalue weighted by atomic mass is 19.4. The molecule has 1 N–H and O–H groups in total. The van der Waals surface area contributed by atoms with Crippen molar-refractivity contribution in [1.82, 2.24) is 0 Å². The number of aryl methyl sites for hydroxylation is 1. The van der Waals surface area contributed by atoms with E-state index in [4.69, 9.17) is 9.47 Å². The quantitative estimate of drug-likeness (QED) is 0.267. The summed E-state index contributed by atoms with van der Waals surface area (Å²) in [6.45, 7) is 3.81. The molecule has 3 aliphatic heterocycles. The molecule has 0 aliphatic carbocycles. The summed E-state index contributed by atoms with van der Waals surface area (Å²) < 4.78 is 52.8. The Hall–Kier alpha value is -4.46. The number of rotatable bonds is 3. The van der Waals surface area contributed by atoms with Crippen LogP contribution in [0, 0.1) is 6.92 Å². The van der Waals surface area contributed by atoms with Gasteiger partial charge >= 0.3 is 12.1 Å². The third-order valence-corrected chi connectivity index (χ3v) is 7.98. The lowest BCUT2D eigenvalue weighted by molar-refractivity contribution is -0.137. The van der Waals surface area contributed by atoms with Gasteiger partial charge in [-0.15, -0.1) is 0 Å². The van der Waals surface area contributed by atoms with Crippen molar-refractivity contribution in [2.75, 3.05) is 23.3 Å². The Balaban J connectivity index is 1.39. The van der Waals surface area contributed by atoms with Gasteiger partial charge in [0.2, 0.25) is 0 Å². The molecular formula is C32H25F3N2O3. The molecule has 5 nitrogen and oxygen atoms in total. The first-order valence-electron chi connectivity index (χ1n) is 13.2. The van der Waals surface area contributed by atoms with E-state index in [0.29, 0.717) is 45.1 Å². The standard InChI is InChI=1S/C32H25F3N2O3/c1-19-15-28-26(18-27(19)36-21-8-6-7-20(16-21)32(33,34)35)31(24-10-3-2-9-23(24)30(38)40-31)25-12-11-22(17-29(25)39-28)37-13-4-5-14-37/h2-3,6-12,15-18,36H,4-5,13-14H2,1H3. The second-order valence-electron chi connectivity index (χ2n) is 10.5. The molecule has 40 heavy (non-hydrogen) atoms. The lowest BCUT2D eigenvalue weighted by Gasteiger charge is -2.37. The van der Waals surface area contributed by atoms with Gasteiger partial charge in [0, 0.05) is 52.9 Å². The molecule has 202 valence electrons. The van der Waals surface area contributed by atoms with E-state index in [9.17, 15) is 18.0 Å². The smallest absolute Gasteiger partial charge is 0.416 e. The molecule has 3 heterocycles. The molecule has 0 amide bonds. The number of nitrogens with one attached hydrogen (secondary N) is 1. The van der Waals surface area contributed by atoms with Crippen LogP contribution < -0.4 is 15.0 Å². The monoisotopic (exact) mass is 542 g/mol. The summed E-state index contributed by atoms with van der Waals surface area (Å²) in [6, 6.07) is 22.0. The van der Waals surface area contributed by atoms with Crippen LogP contribution in [0.2, 0.25) is 0 Å². The molecule has 4 aromatic rings. The van der Waals surface area contributed by atoms with E-state index in [1.165, 1.54) is 6.07 Å². The number of hydrogen-bond acceptors (Lipinski definition) is 5. The fourth-order valence-electron chi connectivity index (χ4n) is 6.04. The van der Waals surface area contributed by atoms with Crippen LogP contribution >= 0.6 is 0 Å². The van der Waals surface area contributed by atoms with Gasteiger partial charge in [-0.05, 0) is 73.9 Å². The van der Waals surface area contributed by atoms with E-state index in [1.807, 2.05) is 49.4 Å². The molecule has 1 saturated heterocycles. The highest BCUT2D eigenvalue weighted by molar-refractivity contribution is 5.97. The lowest BCUT2D eigenvalue weighted by Crippen LogP contribution is -2.33. The summed E-state index contributed by atoms with van der Waals surface area (Å²) in [6.07, 6.45) is -2.19. The van der Waals surface area contributed by atoms with E-state index in [2.05, 4.69) is 10.2 Å². The lowest BCUT2D eigenvalue weighted by atomic mass is 9.77. The summed E-state index contributed by atoms with van der Waals surface area (Å²) in [5.74, 6) is 0.702. The van der Waals surface area contributed by atoms with Gasteiger partial charge in [-0.3, -0.25) is 0 Å². The Morgan fingerprint density at radius 1 is 0.850 bits per heavy atom. The molecule has 4 aromatic carbocycles. The number of carbonyl (C=O) groups excluding carboxylic acids is 1. The number of fused-ring (bicyclic) bond motifs is 6. The van der Waals surface area contributed by atoms with Crippen LogP contribution in [0.25, 0.3) is 0 Å². The minimum Gasteiger partial charge on any atom is -0.456 e. The molecular weight excluding hydrogens is 517 g/mol. The topological polar surface area (TPSA) is 50.8 Å². The molecule has 1 spiro atoms. The van der Waals surface area contributed by atoms with E-state index in [0.717, 1.165) is 49.3 Å². The van der Waals surface area contributed by atoms with E-state index < -0.39 is 23.3 Å². The van der Waals surface area contributed by atoms with Crippen molar-refractivity contribution in [2.45, 2.75) is 31.5 Å². The number of ether oxygens (including phenoxy) is 2. The van der Waals surface area contributed by atoms with Crippen LogP contribution in [0.5, 0.6) is 11.5 Å². The molecule has 0 aromatic heterocycles. The fourth-order valence-corrected chi connectivity index (χ4v) is 6.04. The maximum absolute atomic E-state index is 13.4. The maximum atomic E-state index is 13.4. The Morgan fingerprint density at radius 2 is 1.62 bits per heavy atom. The second-order valence-corrected chi connectivity index (χ2v) is 10.5. The van der Waals surface area contributed by atoms with Crippen LogP contribution in [0.4, 0.5) is 30.2 Å². The molecule has 0 radical (unpaired) electrons. The van der Waals surface area contributed by atoms with Crippen molar-refractivity contribution in [3.63, 3.8) is 0 Å². The average Bonchev–Trinajstić information content (AvgIpc) is 3.57. The van der Waals surface area contributed by atoms with Crippen LogP contribution in [0.15, 0.2) is 78.9 Å². The second kappa shape index (κ2) is 8.78. The Bertz CT molecular complexity index is 1680. The summed E-state index contributed by atoms with van der Waals surface area (Å²) in [7, 11) is 0. The van der Waals surface area contributed by atoms with E-state index in [1.54, 1.807) is 18.2 Å². The van der Waals surface area contributed by atoms with Gasteiger partial charge < -0.3 is 19.7 Å². The Morgan fingerprint density at radius 3 is 2.42 bits per heavy atom. The number of hydrogen-bond donors (Lipinski definition) is 1.